The van der Waals surface area contributed by atoms with E-state index in [1.807, 2.05) is 0 Å². The van der Waals surface area contributed by atoms with Gasteiger partial charge in [0.1, 0.15) is 5.82 Å². The molecule has 1 atom stereocenters. The van der Waals surface area contributed by atoms with Crippen molar-refractivity contribution in [1.82, 2.24) is 14.8 Å². The van der Waals surface area contributed by atoms with E-state index >= 15 is 0 Å². The van der Waals surface area contributed by atoms with Crippen molar-refractivity contribution in [2.45, 2.75) is 70.5 Å². The first-order chi connectivity index (χ1) is 9.83. The Balaban J connectivity index is 2.38. The molecule has 1 aliphatic carbocycles. The highest BCUT2D eigenvalue weighted by atomic mass is 32.2. The smallest absolute Gasteiger partial charge is 0.313 e. The normalized spacial score (nSPS) is 21.7. The summed E-state index contributed by atoms with van der Waals surface area (Å²) in [4.78, 5) is 10.8. The zero-order valence-electron chi connectivity index (χ0n) is 13.3. The third-order valence-corrected chi connectivity index (χ3v) is 5.22. The number of hydrogen-bond acceptors (Lipinski definition) is 4. The van der Waals surface area contributed by atoms with Crippen LogP contribution in [0.4, 0.5) is 0 Å². The Kier molecular flexibility index (Phi) is 4.96. The van der Waals surface area contributed by atoms with Crippen molar-refractivity contribution in [2.75, 3.05) is 5.75 Å². The van der Waals surface area contributed by atoms with Crippen LogP contribution in [0.1, 0.15) is 71.2 Å². The minimum atomic E-state index is -0.816. The van der Waals surface area contributed by atoms with Gasteiger partial charge in [0.2, 0.25) is 0 Å². The van der Waals surface area contributed by atoms with Gasteiger partial charge in [0.05, 0.1) is 5.75 Å². The Labute approximate surface area is 130 Å². The van der Waals surface area contributed by atoms with E-state index in [1.54, 1.807) is 0 Å². The molecule has 1 heterocycles. The number of rotatable bonds is 5. The fourth-order valence-electron chi connectivity index (χ4n) is 3.15. The molecule has 1 unspecified atom stereocenters. The van der Waals surface area contributed by atoms with E-state index in [-0.39, 0.29) is 17.1 Å². The van der Waals surface area contributed by atoms with Gasteiger partial charge in [0.15, 0.2) is 5.16 Å². The number of hydrogen-bond donors (Lipinski definition) is 1. The topological polar surface area (TPSA) is 68.0 Å². The minimum Gasteiger partial charge on any atom is -0.481 e. The van der Waals surface area contributed by atoms with E-state index in [9.17, 15) is 4.79 Å². The van der Waals surface area contributed by atoms with Gasteiger partial charge in [-0.3, -0.25) is 4.79 Å². The molecule has 1 fully saturated rings. The van der Waals surface area contributed by atoms with Crippen LogP contribution in [0, 0.1) is 5.41 Å². The molecule has 0 aliphatic heterocycles. The van der Waals surface area contributed by atoms with Crippen LogP contribution in [-0.2, 0) is 4.79 Å². The van der Waals surface area contributed by atoms with Gasteiger partial charge in [-0.05, 0) is 18.3 Å². The lowest BCUT2D eigenvalue weighted by molar-refractivity contribution is -0.133. The summed E-state index contributed by atoms with van der Waals surface area (Å²) in [7, 11) is 0. The highest BCUT2D eigenvalue weighted by Gasteiger charge is 2.36. The lowest BCUT2D eigenvalue weighted by Gasteiger charge is -2.40. The van der Waals surface area contributed by atoms with Crippen molar-refractivity contribution in [2.24, 2.45) is 5.41 Å². The Morgan fingerprint density at radius 3 is 2.71 bits per heavy atom. The molecule has 118 valence electrons. The van der Waals surface area contributed by atoms with Gasteiger partial charge >= 0.3 is 5.97 Å². The maximum absolute atomic E-state index is 10.8. The SMILES string of the molecule is CC(C)c1nnc(SCC(=O)O)n1C1CCCCC1(C)C. The van der Waals surface area contributed by atoms with E-state index in [4.69, 9.17) is 5.11 Å². The van der Waals surface area contributed by atoms with E-state index < -0.39 is 5.97 Å². The predicted molar refractivity (Wildman–Crippen MR) is 83.8 cm³/mol. The van der Waals surface area contributed by atoms with E-state index in [1.165, 1.54) is 31.0 Å². The van der Waals surface area contributed by atoms with Gasteiger partial charge in [0.25, 0.3) is 0 Å². The molecule has 0 spiro atoms. The van der Waals surface area contributed by atoms with Crippen LogP contribution in [0.25, 0.3) is 0 Å². The minimum absolute atomic E-state index is 0.0311. The molecular weight excluding hydrogens is 286 g/mol. The monoisotopic (exact) mass is 311 g/mol. The number of nitrogens with zero attached hydrogens (tertiary/aromatic N) is 3. The first-order valence-corrected chi connectivity index (χ1v) is 8.61. The zero-order valence-corrected chi connectivity index (χ0v) is 14.1. The fourth-order valence-corrected chi connectivity index (χ4v) is 3.86. The summed E-state index contributed by atoms with van der Waals surface area (Å²) in [5.74, 6) is 0.476. The average molecular weight is 311 g/mol. The van der Waals surface area contributed by atoms with Crippen LogP contribution in [-0.4, -0.2) is 31.6 Å². The maximum Gasteiger partial charge on any atom is 0.313 e. The molecule has 0 amide bonds. The van der Waals surface area contributed by atoms with Crippen molar-refractivity contribution in [3.8, 4) is 0 Å². The van der Waals surface area contributed by atoms with Gasteiger partial charge < -0.3 is 9.67 Å². The largest absolute Gasteiger partial charge is 0.481 e. The van der Waals surface area contributed by atoms with Crippen molar-refractivity contribution >= 4 is 17.7 Å². The molecule has 1 aromatic rings. The molecular formula is C15H25N3O2S. The molecule has 0 bridgehead atoms. The van der Waals surface area contributed by atoms with Gasteiger partial charge in [0, 0.05) is 12.0 Å². The van der Waals surface area contributed by atoms with Crippen molar-refractivity contribution in [3.63, 3.8) is 0 Å². The van der Waals surface area contributed by atoms with Crippen LogP contribution in [0.2, 0.25) is 0 Å². The number of carboxylic acids is 1. The molecule has 1 saturated carbocycles. The Bertz CT molecular complexity index is 511. The Morgan fingerprint density at radius 2 is 2.14 bits per heavy atom. The molecule has 1 N–H and O–H groups in total. The van der Waals surface area contributed by atoms with Crippen LogP contribution >= 0.6 is 11.8 Å². The van der Waals surface area contributed by atoms with Crippen LogP contribution in [0.15, 0.2) is 5.16 Å². The quantitative estimate of drug-likeness (QED) is 0.839. The van der Waals surface area contributed by atoms with Crippen molar-refractivity contribution < 1.29 is 9.90 Å². The molecule has 2 rings (SSSR count). The Morgan fingerprint density at radius 1 is 1.43 bits per heavy atom. The summed E-state index contributed by atoms with van der Waals surface area (Å²) < 4.78 is 2.22. The van der Waals surface area contributed by atoms with E-state index in [0.717, 1.165) is 17.4 Å². The second kappa shape index (κ2) is 6.38. The number of carboxylic acid groups (broad SMARTS) is 1. The standard InChI is InChI=1S/C15H25N3O2S/c1-10(2)13-16-17-14(21-9-12(19)20)18(13)11-7-5-6-8-15(11,3)4/h10-11H,5-9H2,1-4H3,(H,19,20). The lowest BCUT2D eigenvalue weighted by atomic mass is 9.73. The molecule has 0 saturated heterocycles. The van der Waals surface area contributed by atoms with Gasteiger partial charge in [-0.15, -0.1) is 10.2 Å². The fraction of sp³-hybridized carbons (Fsp3) is 0.800. The molecule has 21 heavy (non-hydrogen) atoms. The molecule has 1 aliphatic rings. The molecule has 6 heteroatoms. The van der Waals surface area contributed by atoms with Gasteiger partial charge in [-0.2, -0.15) is 0 Å². The number of thioether (sulfide) groups is 1. The summed E-state index contributed by atoms with van der Waals surface area (Å²) in [6.07, 6.45) is 4.79. The van der Waals surface area contributed by atoms with Crippen LogP contribution in [0.3, 0.4) is 0 Å². The Hall–Kier alpha value is -1.04. The first kappa shape index (κ1) is 16.3. The molecule has 0 aromatic carbocycles. The second-order valence-corrected chi connectivity index (χ2v) is 7.74. The average Bonchev–Trinajstić information content (AvgIpc) is 2.79. The predicted octanol–water partition coefficient (Wildman–Crippen LogP) is 3.72. The van der Waals surface area contributed by atoms with Gasteiger partial charge in [-0.25, -0.2) is 0 Å². The lowest BCUT2D eigenvalue weighted by Crippen LogP contribution is -2.32. The number of carbonyl (C=O) groups is 1. The summed E-state index contributed by atoms with van der Waals surface area (Å²) in [6, 6.07) is 0.356. The first-order valence-electron chi connectivity index (χ1n) is 7.62. The number of aliphatic carboxylic acids is 1. The summed E-state index contributed by atoms with van der Waals surface area (Å²) in [5.41, 5.74) is 0.197. The maximum atomic E-state index is 10.8. The third kappa shape index (κ3) is 3.59. The van der Waals surface area contributed by atoms with Gasteiger partial charge in [-0.1, -0.05) is 52.3 Å². The summed E-state index contributed by atoms with van der Waals surface area (Å²) >= 11 is 1.28. The number of aromatic nitrogens is 3. The highest BCUT2D eigenvalue weighted by Crippen LogP contribution is 2.46. The third-order valence-electron chi connectivity index (χ3n) is 4.29. The van der Waals surface area contributed by atoms with E-state index in [2.05, 4.69) is 42.5 Å². The highest BCUT2D eigenvalue weighted by molar-refractivity contribution is 7.99. The van der Waals surface area contributed by atoms with E-state index in [0.29, 0.717) is 6.04 Å². The zero-order chi connectivity index (χ0) is 15.6. The second-order valence-electron chi connectivity index (χ2n) is 6.80. The molecule has 0 radical (unpaired) electrons. The molecule has 5 nitrogen and oxygen atoms in total. The molecule has 1 aromatic heterocycles. The van der Waals surface area contributed by atoms with Crippen molar-refractivity contribution in [1.29, 1.82) is 0 Å². The summed E-state index contributed by atoms with van der Waals surface area (Å²) in [6.45, 7) is 8.82. The van der Waals surface area contributed by atoms with Crippen LogP contribution in [0.5, 0.6) is 0 Å². The van der Waals surface area contributed by atoms with Crippen molar-refractivity contribution in [3.05, 3.63) is 5.82 Å². The summed E-state index contributed by atoms with van der Waals surface area (Å²) in [5, 5.41) is 18.3. The van der Waals surface area contributed by atoms with Crippen LogP contribution < -0.4 is 0 Å².